The van der Waals surface area contributed by atoms with Gasteiger partial charge in [-0.05, 0) is 61.4 Å². The summed E-state index contributed by atoms with van der Waals surface area (Å²) in [6.45, 7) is 3.06. The molecule has 1 aliphatic carbocycles. The van der Waals surface area contributed by atoms with Crippen LogP contribution < -0.4 is 4.90 Å². The molecular formula is C23H23BrN4O2. The average Bonchev–Trinajstić information content (AvgIpc) is 3.22. The molecule has 1 saturated carbocycles. The lowest BCUT2D eigenvalue weighted by atomic mass is 9.85. The molecule has 0 radical (unpaired) electrons. The highest BCUT2D eigenvalue weighted by atomic mass is 79.9. The fraction of sp³-hybridized carbons (Fsp3) is 0.348. The number of hydrogen-bond donors (Lipinski definition) is 0. The summed E-state index contributed by atoms with van der Waals surface area (Å²) in [5.74, 6) is 1.97. The molecule has 0 atom stereocenters. The van der Waals surface area contributed by atoms with E-state index in [0.717, 1.165) is 53.1 Å². The zero-order chi connectivity index (χ0) is 20.5. The zero-order valence-electron chi connectivity index (χ0n) is 16.6. The van der Waals surface area contributed by atoms with Gasteiger partial charge in [0.1, 0.15) is 0 Å². The third kappa shape index (κ3) is 3.86. The molecule has 2 aliphatic rings. The van der Waals surface area contributed by atoms with Crippen molar-refractivity contribution in [2.24, 2.45) is 0 Å². The monoisotopic (exact) mass is 466 g/mol. The molecule has 1 amide bonds. The predicted octanol–water partition coefficient (Wildman–Crippen LogP) is 4.73. The molecule has 3 aromatic rings. The summed E-state index contributed by atoms with van der Waals surface area (Å²) in [4.78, 5) is 21.5. The van der Waals surface area contributed by atoms with Gasteiger partial charge in [-0.25, -0.2) is 0 Å². The Morgan fingerprint density at radius 1 is 0.967 bits per heavy atom. The van der Waals surface area contributed by atoms with Gasteiger partial charge in [0.25, 0.3) is 5.91 Å². The minimum absolute atomic E-state index is 0.0943. The molecule has 2 heterocycles. The number of rotatable bonds is 4. The van der Waals surface area contributed by atoms with Crippen LogP contribution in [0.2, 0.25) is 0 Å². The molecule has 154 valence electrons. The quantitative estimate of drug-likeness (QED) is 0.555. The second-order valence-corrected chi connectivity index (χ2v) is 8.83. The minimum Gasteiger partial charge on any atom is -0.368 e. The third-order valence-electron chi connectivity index (χ3n) is 6.04. The first-order valence-electron chi connectivity index (χ1n) is 10.4. The van der Waals surface area contributed by atoms with E-state index in [9.17, 15) is 4.79 Å². The minimum atomic E-state index is 0.0943. The van der Waals surface area contributed by atoms with Gasteiger partial charge in [0.05, 0.1) is 0 Å². The molecule has 6 nitrogen and oxygen atoms in total. The number of nitrogens with zero attached hydrogens (tertiary/aromatic N) is 4. The topological polar surface area (TPSA) is 62.5 Å². The van der Waals surface area contributed by atoms with Gasteiger partial charge in [0.15, 0.2) is 0 Å². The number of carbonyl (C=O) groups is 1. The number of hydrogen-bond acceptors (Lipinski definition) is 5. The van der Waals surface area contributed by atoms with Crippen LogP contribution in [0.1, 0.15) is 41.4 Å². The third-order valence-corrected chi connectivity index (χ3v) is 6.57. The van der Waals surface area contributed by atoms with Crippen molar-refractivity contribution in [2.45, 2.75) is 25.2 Å². The van der Waals surface area contributed by atoms with Gasteiger partial charge in [-0.1, -0.05) is 27.5 Å². The van der Waals surface area contributed by atoms with Crippen molar-refractivity contribution >= 4 is 27.5 Å². The largest absolute Gasteiger partial charge is 0.368 e. The van der Waals surface area contributed by atoms with Crippen molar-refractivity contribution in [3.8, 4) is 11.4 Å². The molecular weight excluding hydrogens is 444 g/mol. The Hall–Kier alpha value is -2.67. The Bertz CT molecular complexity index is 1020. The average molecular weight is 467 g/mol. The molecule has 7 heteroatoms. The fourth-order valence-electron chi connectivity index (χ4n) is 3.94. The van der Waals surface area contributed by atoms with Crippen LogP contribution in [0.25, 0.3) is 11.4 Å². The summed E-state index contributed by atoms with van der Waals surface area (Å²) >= 11 is 3.41. The van der Waals surface area contributed by atoms with Crippen LogP contribution in [0, 0.1) is 0 Å². The van der Waals surface area contributed by atoms with Gasteiger partial charge in [0.2, 0.25) is 11.7 Å². The number of aromatic nitrogens is 2. The lowest BCUT2D eigenvalue weighted by Gasteiger charge is -2.36. The second-order valence-electron chi connectivity index (χ2n) is 7.92. The van der Waals surface area contributed by atoms with Gasteiger partial charge < -0.3 is 14.3 Å². The van der Waals surface area contributed by atoms with Crippen LogP contribution in [0.5, 0.6) is 0 Å². The molecule has 0 spiro atoms. The van der Waals surface area contributed by atoms with E-state index < -0.39 is 0 Å². The summed E-state index contributed by atoms with van der Waals surface area (Å²) in [5, 5.41) is 4.15. The maximum absolute atomic E-state index is 12.7. The van der Waals surface area contributed by atoms with Crippen LogP contribution in [0.3, 0.4) is 0 Å². The predicted molar refractivity (Wildman–Crippen MR) is 119 cm³/mol. The highest BCUT2D eigenvalue weighted by molar-refractivity contribution is 9.10. The lowest BCUT2D eigenvalue weighted by molar-refractivity contribution is 0.0747. The summed E-state index contributed by atoms with van der Waals surface area (Å²) in [6.07, 6.45) is 3.55. The molecule has 0 unspecified atom stereocenters. The van der Waals surface area contributed by atoms with E-state index in [1.807, 2.05) is 41.3 Å². The Labute approximate surface area is 184 Å². The summed E-state index contributed by atoms with van der Waals surface area (Å²) in [7, 11) is 0. The first-order valence-corrected chi connectivity index (χ1v) is 11.2. The summed E-state index contributed by atoms with van der Waals surface area (Å²) < 4.78 is 6.41. The first-order chi connectivity index (χ1) is 14.7. The number of carbonyl (C=O) groups excluding carboxylic acids is 1. The number of benzene rings is 2. The van der Waals surface area contributed by atoms with E-state index in [0.29, 0.717) is 24.8 Å². The maximum Gasteiger partial charge on any atom is 0.253 e. The van der Waals surface area contributed by atoms with Crippen LogP contribution in [-0.4, -0.2) is 47.1 Å². The van der Waals surface area contributed by atoms with E-state index in [2.05, 4.69) is 43.1 Å². The number of halogens is 1. The highest BCUT2D eigenvalue weighted by Crippen LogP contribution is 2.36. The van der Waals surface area contributed by atoms with Crippen LogP contribution in [0.15, 0.2) is 57.5 Å². The van der Waals surface area contributed by atoms with Crippen molar-refractivity contribution in [1.29, 1.82) is 0 Å². The smallest absolute Gasteiger partial charge is 0.253 e. The fourth-order valence-corrected chi connectivity index (χ4v) is 4.20. The van der Waals surface area contributed by atoms with Crippen molar-refractivity contribution < 1.29 is 9.32 Å². The molecule has 1 aliphatic heterocycles. The highest BCUT2D eigenvalue weighted by Gasteiger charge is 2.26. The Kier molecular flexibility index (Phi) is 5.29. The van der Waals surface area contributed by atoms with E-state index in [1.54, 1.807) is 0 Å². The standard InChI is InChI=1S/C23H23BrN4O2/c24-19-8-4-18(5-9-19)23(29)28-14-12-27(13-15-28)20-10-6-16(7-11-20)21-25-22(30-26-21)17-2-1-3-17/h4-11,17H,1-3,12-15H2. The van der Waals surface area contributed by atoms with Gasteiger partial charge in [-0.3, -0.25) is 4.79 Å². The van der Waals surface area contributed by atoms with E-state index in [4.69, 9.17) is 4.52 Å². The Morgan fingerprint density at radius 2 is 1.67 bits per heavy atom. The van der Waals surface area contributed by atoms with Crippen LogP contribution in [-0.2, 0) is 0 Å². The molecule has 5 rings (SSSR count). The Morgan fingerprint density at radius 3 is 2.30 bits per heavy atom. The van der Waals surface area contributed by atoms with Crippen molar-refractivity contribution in [2.75, 3.05) is 31.1 Å². The van der Waals surface area contributed by atoms with E-state index >= 15 is 0 Å². The van der Waals surface area contributed by atoms with E-state index in [1.165, 1.54) is 6.42 Å². The molecule has 0 bridgehead atoms. The van der Waals surface area contributed by atoms with Crippen molar-refractivity contribution in [3.63, 3.8) is 0 Å². The second kappa shape index (κ2) is 8.22. The van der Waals surface area contributed by atoms with E-state index in [-0.39, 0.29) is 5.91 Å². The van der Waals surface area contributed by atoms with Gasteiger partial charge in [0, 0.05) is 53.4 Å². The molecule has 1 aromatic heterocycles. The van der Waals surface area contributed by atoms with Crippen molar-refractivity contribution in [3.05, 3.63) is 64.5 Å². The normalized spacial score (nSPS) is 17.1. The van der Waals surface area contributed by atoms with Crippen LogP contribution >= 0.6 is 15.9 Å². The molecule has 2 aromatic carbocycles. The molecule has 1 saturated heterocycles. The number of amides is 1. The van der Waals surface area contributed by atoms with Gasteiger partial charge in [-0.2, -0.15) is 4.98 Å². The lowest BCUT2D eigenvalue weighted by Crippen LogP contribution is -2.48. The van der Waals surface area contributed by atoms with Gasteiger partial charge in [-0.15, -0.1) is 0 Å². The first kappa shape index (κ1) is 19.3. The molecule has 2 fully saturated rings. The maximum atomic E-state index is 12.7. The summed E-state index contributed by atoms with van der Waals surface area (Å²) in [5.41, 5.74) is 2.85. The molecule has 0 N–H and O–H groups in total. The summed E-state index contributed by atoms with van der Waals surface area (Å²) in [6, 6.07) is 15.8. The van der Waals surface area contributed by atoms with Crippen molar-refractivity contribution in [1.82, 2.24) is 15.0 Å². The zero-order valence-corrected chi connectivity index (χ0v) is 18.2. The number of anilines is 1. The molecule has 30 heavy (non-hydrogen) atoms. The van der Waals surface area contributed by atoms with Gasteiger partial charge >= 0.3 is 0 Å². The van der Waals surface area contributed by atoms with Crippen LogP contribution in [0.4, 0.5) is 5.69 Å². The Balaban J connectivity index is 1.20. The number of piperazine rings is 1. The SMILES string of the molecule is O=C(c1ccc(Br)cc1)N1CCN(c2ccc(-c3noc(C4CCC4)n3)cc2)CC1.